The maximum atomic E-state index is 14.3. The third-order valence-electron chi connectivity index (χ3n) is 3.99. The average molecular weight is 398 g/mol. The number of hydrogen-bond acceptors (Lipinski definition) is 4. The standard InChI is InChI=1S/C20H13ClFN3OS/c21-12-3-1-4-14(9-12)27-25-13-6-7-18(22)16(10-13)19(26)17-11-24-20-15(17)5-2-8-23-20/h1-11,25H,(H,23,24). The SMILES string of the molecule is O=C(c1cc(NSc2cccc(Cl)c2)ccc1F)c1c[nH]c2ncccc12. The Labute approximate surface area is 163 Å². The van der Waals surface area contributed by atoms with E-state index in [0.717, 1.165) is 4.90 Å². The molecule has 0 unspecified atom stereocenters. The number of nitrogens with one attached hydrogen (secondary N) is 2. The summed E-state index contributed by atoms with van der Waals surface area (Å²) in [6.07, 6.45) is 3.19. The maximum absolute atomic E-state index is 14.3. The Balaban J connectivity index is 1.61. The number of pyridine rings is 1. The Bertz CT molecular complexity index is 1140. The van der Waals surface area contributed by atoms with Crippen LogP contribution in [-0.4, -0.2) is 15.8 Å². The predicted octanol–water partition coefficient (Wildman–Crippen LogP) is 5.71. The lowest BCUT2D eigenvalue weighted by Gasteiger charge is -2.08. The van der Waals surface area contributed by atoms with Crippen molar-refractivity contribution in [3.05, 3.63) is 89.0 Å². The van der Waals surface area contributed by atoms with Gasteiger partial charge in [-0.1, -0.05) is 17.7 Å². The van der Waals surface area contributed by atoms with Gasteiger partial charge >= 0.3 is 0 Å². The van der Waals surface area contributed by atoms with Crippen LogP contribution in [0.3, 0.4) is 0 Å². The third-order valence-corrected chi connectivity index (χ3v) is 5.05. The predicted molar refractivity (Wildman–Crippen MR) is 107 cm³/mol. The molecule has 0 saturated carbocycles. The first-order chi connectivity index (χ1) is 13.1. The highest BCUT2D eigenvalue weighted by molar-refractivity contribution is 8.00. The van der Waals surface area contributed by atoms with E-state index in [-0.39, 0.29) is 5.56 Å². The largest absolute Gasteiger partial charge is 0.345 e. The second kappa shape index (κ2) is 7.42. The molecule has 0 bridgehead atoms. The zero-order chi connectivity index (χ0) is 18.8. The number of aromatic nitrogens is 2. The summed E-state index contributed by atoms with van der Waals surface area (Å²) in [6.45, 7) is 0. The summed E-state index contributed by atoms with van der Waals surface area (Å²) in [4.78, 5) is 20.9. The van der Waals surface area contributed by atoms with Crippen molar-refractivity contribution >= 4 is 46.1 Å². The minimum absolute atomic E-state index is 0.00329. The van der Waals surface area contributed by atoms with E-state index in [4.69, 9.17) is 11.6 Å². The molecule has 0 aliphatic heterocycles. The number of hydrogen-bond donors (Lipinski definition) is 2. The molecule has 134 valence electrons. The van der Waals surface area contributed by atoms with Crippen LogP contribution in [0.25, 0.3) is 11.0 Å². The van der Waals surface area contributed by atoms with E-state index in [0.29, 0.717) is 27.3 Å². The van der Waals surface area contributed by atoms with Crippen LogP contribution < -0.4 is 4.72 Å². The number of fused-ring (bicyclic) bond motifs is 1. The highest BCUT2D eigenvalue weighted by atomic mass is 35.5. The van der Waals surface area contributed by atoms with Gasteiger partial charge in [0.25, 0.3) is 0 Å². The minimum atomic E-state index is -0.573. The molecule has 27 heavy (non-hydrogen) atoms. The van der Waals surface area contributed by atoms with Crippen LogP contribution in [0.4, 0.5) is 10.1 Å². The maximum Gasteiger partial charge on any atom is 0.198 e. The van der Waals surface area contributed by atoms with Gasteiger partial charge in [0.2, 0.25) is 0 Å². The van der Waals surface area contributed by atoms with Crippen molar-refractivity contribution in [2.45, 2.75) is 4.90 Å². The fraction of sp³-hybridized carbons (Fsp3) is 0. The lowest BCUT2D eigenvalue weighted by molar-refractivity contribution is 0.103. The Hall–Kier alpha value is -2.83. The van der Waals surface area contributed by atoms with Crippen molar-refractivity contribution in [1.82, 2.24) is 9.97 Å². The number of carbonyl (C=O) groups is 1. The first-order valence-electron chi connectivity index (χ1n) is 8.06. The van der Waals surface area contributed by atoms with Gasteiger partial charge in [-0.25, -0.2) is 9.37 Å². The van der Waals surface area contributed by atoms with Crippen LogP contribution in [0.2, 0.25) is 5.02 Å². The Morgan fingerprint density at radius 2 is 2.00 bits per heavy atom. The third kappa shape index (κ3) is 3.67. The molecule has 0 aliphatic carbocycles. The molecule has 0 atom stereocenters. The van der Waals surface area contributed by atoms with Crippen LogP contribution in [0, 0.1) is 5.82 Å². The first-order valence-corrected chi connectivity index (χ1v) is 9.26. The van der Waals surface area contributed by atoms with Crippen molar-refractivity contribution in [3.63, 3.8) is 0 Å². The Morgan fingerprint density at radius 3 is 2.85 bits per heavy atom. The Kier molecular flexibility index (Phi) is 4.83. The molecule has 0 aliphatic rings. The fourth-order valence-electron chi connectivity index (χ4n) is 2.70. The number of aromatic amines is 1. The van der Waals surface area contributed by atoms with Crippen molar-refractivity contribution in [1.29, 1.82) is 0 Å². The molecule has 0 amide bonds. The zero-order valence-corrected chi connectivity index (χ0v) is 15.4. The number of benzene rings is 2. The molecule has 4 nitrogen and oxygen atoms in total. The van der Waals surface area contributed by atoms with Gasteiger partial charge < -0.3 is 9.71 Å². The summed E-state index contributed by atoms with van der Waals surface area (Å²) < 4.78 is 17.4. The van der Waals surface area contributed by atoms with Crippen molar-refractivity contribution in [2.75, 3.05) is 4.72 Å². The van der Waals surface area contributed by atoms with Gasteiger partial charge in [0, 0.05) is 38.9 Å². The summed E-state index contributed by atoms with van der Waals surface area (Å²) >= 11 is 7.31. The molecule has 2 N–H and O–H groups in total. The van der Waals surface area contributed by atoms with Gasteiger partial charge in [0.05, 0.1) is 5.56 Å². The van der Waals surface area contributed by atoms with Gasteiger partial charge in [0.15, 0.2) is 5.78 Å². The minimum Gasteiger partial charge on any atom is -0.345 e. The molecule has 0 saturated heterocycles. The van der Waals surface area contributed by atoms with E-state index in [1.54, 1.807) is 36.7 Å². The first kappa shape index (κ1) is 17.6. The highest BCUT2D eigenvalue weighted by Gasteiger charge is 2.18. The monoisotopic (exact) mass is 397 g/mol. The van der Waals surface area contributed by atoms with Gasteiger partial charge in [-0.2, -0.15) is 0 Å². The van der Waals surface area contributed by atoms with E-state index in [1.807, 2.05) is 18.2 Å². The van der Waals surface area contributed by atoms with Gasteiger partial charge in [-0.15, -0.1) is 0 Å². The molecule has 0 spiro atoms. The van der Waals surface area contributed by atoms with Crippen molar-refractivity contribution in [3.8, 4) is 0 Å². The normalized spacial score (nSPS) is 10.9. The lowest BCUT2D eigenvalue weighted by Crippen LogP contribution is -2.04. The number of ketones is 1. The Morgan fingerprint density at radius 1 is 1.11 bits per heavy atom. The van der Waals surface area contributed by atoms with E-state index in [1.165, 1.54) is 24.1 Å². The molecule has 0 fully saturated rings. The highest BCUT2D eigenvalue weighted by Crippen LogP contribution is 2.27. The second-order valence-electron chi connectivity index (χ2n) is 5.79. The molecule has 2 aromatic carbocycles. The van der Waals surface area contributed by atoms with Crippen LogP contribution in [0.15, 0.2) is 71.9 Å². The average Bonchev–Trinajstić information content (AvgIpc) is 3.11. The summed E-state index contributed by atoms with van der Waals surface area (Å²) in [6, 6.07) is 15.2. The molecule has 2 aromatic heterocycles. The van der Waals surface area contributed by atoms with Crippen LogP contribution in [0.5, 0.6) is 0 Å². The summed E-state index contributed by atoms with van der Waals surface area (Å²) in [5, 5.41) is 1.29. The van der Waals surface area contributed by atoms with Crippen molar-refractivity contribution < 1.29 is 9.18 Å². The topological polar surface area (TPSA) is 57.8 Å². The smallest absolute Gasteiger partial charge is 0.198 e. The summed E-state index contributed by atoms with van der Waals surface area (Å²) in [5.41, 5.74) is 1.59. The zero-order valence-electron chi connectivity index (χ0n) is 13.9. The molecule has 7 heteroatoms. The van der Waals surface area contributed by atoms with E-state index >= 15 is 0 Å². The number of carbonyl (C=O) groups excluding carboxylic acids is 1. The lowest BCUT2D eigenvalue weighted by atomic mass is 10.0. The second-order valence-corrected chi connectivity index (χ2v) is 7.10. The number of rotatable bonds is 5. The number of H-pyrrole nitrogens is 1. The van der Waals surface area contributed by atoms with E-state index < -0.39 is 11.6 Å². The fourth-order valence-corrected chi connectivity index (χ4v) is 3.65. The van der Waals surface area contributed by atoms with E-state index in [9.17, 15) is 9.18 Å². The van der Waals surface area contributed by atoms with Crippen LogP contribution in [-0.2, 0) is 0 Å². The summed E-state index contributed by atoms with van der Waals surface area (Å²) in [7, 11) is 0. The summed E-state index contributed by atoms with van der Waals surface area (Å²) in [5.74, 6) is -0.972. The molecule has 4 rings (SSSR count). The molecule has 2 heterocycles. The molecule has 4 aromatic rings. The number of anilines is 1. The molecular formula is C20H13ClFN3OS. The number of nitrogens with zero attached hydrogens (tertiary/aromatic N) is 1. The van der Waals surface area contributed by atoms with Crippen molar-refractivity contribution in [2.24, 2.45) is 0 Å². The molecular weight excluding hydrogens is 385 g/mol. The van der Waals surface area contributed by atoms with E-state index in [2.05, 4.69) is 14.7 Å². The quantitative estimate of drug-likeness (QED) is 0.334. The molecule has 0 radical (unpaired) electrons. The van der Waals surface area contributed by atoms with Crippen LogP contribution >= 0.6 is 23.5 Å². The van der Waals surface area contributed by atoms with Gasteiger partial charge in [-0.05, 0) is 60.5 Å². The van der Waals surface area contributed by atoms with Gasteiger partial charge in [0.1, 0.15) is 11.5 Å². The van der Waals surface area contributed by atoms with Gasteiger partial charge in [-0.3, -0.25) is 4.79 Å². The van der Waals surface area contributed by atoms with Crippen LogP contribution in [0.1, 0.15) is 15.9 Å². The number of halogens is 2.